The van der Waals surface area contributed by atoms with Crippen molar-refractivity contribution >= 4 is 22.8 Å². The van der Waals surface area contributed by atoms with Crippen LogP contribution in [0.1, 0.15) is 52.6 Å². The number of para-hydroxylation sites is 2. The molecule has 1 aliphatic heterocycles. The van der Waals surface area contributed by atoms with Gasteiger partial charge in [0, 0.05) is 11.3 Å². The molecule has 168 valence electrons. The Bertz CT molecular complexity index is 1180. The van der Waals surface area contributed by atoms with Gasteiger partial charge in [0.05, 0.1) is 30.3 Å². The van der Waals surface area contributed by atoms with Crippen molar-refractivity contribution in [2.24, 2.45) is 5.92 Å². The molecule has 0 spiro atoms. The molecule has 1 aromatic heterocycles. The van der Waals surface area contributed by atoms with Crippen molar-refractivity contribution in [2.45, 2.75) is 47.1 Å². The zero-order valence-corrected chi connectivity index (χ0v) is 19.4. The van der Waals surface area contributed by atoms with E-state index in [0.29, 0.717) is 24.9 Å². The summed E-state index contributed by atoms with van der Waals surface area (Å²) in [5.41, 5.74) is 4.36. The first-order valence-electron chi connectivity index (χ1n) is 11.3. The molecule has 0 bridgehead atoms. The molecule has 0 fully saturated rings. The molecular formula is C26H31N3O3. The predicted octanol–water partition coefficient (Wildman–Crippen LogP) is 5.74. The first kappa shape index (κ1) is 21.9. The molecule has 1 atom stereocenters. The van der Waals surface area contributed by atoms with Crippen molar-refractivity contribution < 1.29 is 14.3 Å². The monoisotopic (exact) mass is 433 g/mol. The zero-order chi connectivity index (χ0) is 22.8. The van der Waals surface area contributed by atoms with Crippen molar-refractivity contribution in [3.8, 4) is 11.5 Å². The second-order valence-corrected chi connectivity index (χ2v) is 8.59. The molecule has 0 amide bonds. The quantitative estimate of drug-likeness (QED) is 0.491. The summed E-state index contributed by atoms with van der Waals surface area (Å²) in [6, 6.07) is 13.7. The van der Waals surface area contributed by atoms with Gasteiger partial charge in [-0.05, 0) is 62.9 Å². The number of carbonyl (C=O) groups excluding carboxylic acids is 1. The Kier molecular flexibility index (Phi) is 6.21. The molecule has 32 heavy (non-hydrogen) atoms. The molecule has 1 aliphatic rings. The highest BCUT2D eigenvalue weighted by Gasteiger charge is 2.33. The fraction of sp³-hybridized carbons (Fsp3) is 0.385. The van der Waals surface area contributed by atoms with Gasteiger partial charge in [0.2, 0.25) is 5.95 Å². The van der Waals surface area contributed by atoms with Gasteiger partial charge in [-0.3, -0.25) is 9.36 Å². The summed E-state index contributed by atoms with van der Waals surface area (Å²) in [6.45, 7) is 11.0. The van der Waals surface area contributed by atoms with Crippen LogP contribution in [0.3, 0.4) is 0 Å². The number of hydrogen-bond acceptors (Lipinski definition) is 5. The van der Waals surface area contributed by atoms with E-state index in [2.05, 4.69) is 23.7 Å². The Morgan fingerprint density at radius 1 is 1.16 bits per heavy atom. The van der Waals surface area contributed by atoms with Crippen molar-refractivity contribution in [3.05, 3.63) is 59.3 Å². The van der Waals surface area contributed by atoms with Crippen molar-refractivity contribution in [2.75, 3.05) is 18.5 Å². The van der Waals surface area contributed by atoms with Crippen molar-refractivity contribution in [1.82, 2.24) is 9.55 Å². The fourth-order valence-electron chi connectivity index (χ4n) is 4.22. The number of benzene rings is 2. The van der Waals surface area contributed by atoms with Gasteiger partial charge >= 0.3 is 0 Å². The molecule has 2 heterocycles. The maximum absolute atomic E-state index is 12.8. The number of allylic oxidation sites excluding steroid dienone is 2. The van der Waals surface area contributed by atoms with Crippen LogP contribution < -0.4 is 14.8 Å². The number of anilines is 1. The maximum Gasteiger partial charge on any atom is 0.209 e. The topological polar surface area (TPSA) is 65.4 Å². The van der Waals surface area contributed by atoms with Gasteiger partial charge in [-0.1, -0.05) is 32.0 Å². The third-order valence-electron chi connectivity index (χ3n) is 5.75. The summed E-state index contributed by atoms with van der Waals surface area (Å²) in [5, 5.41) is 3.32. The van der Waals surface area contributed by atoms with E-state index in [1.807, 2.05) is 56.3 Å². The van der Waals surface area contributed by atoms with Crippen LogP contribution in [0.4, 0.5) is 5.95 Å². The van der Waals surface area contributed by atoms with Crippen LogP contribution in [0.2, 0.25) is 0 Å². The normalized spacial score (nSPS) is 15.6. The fourth-order valence-corrected chi connectivity index (χ4v) is 4.22. The number of Topliss-reactive ketones (excluding diaryl/α,β-unsaturated/α-hetero) is 1. The molecule has 1 unspecified atom stereocenters. The summed E-state index contributed by atoms with van der Waals surface area (Å²) in [7, 11) is 0. The van der Waals surface area contributed by atoms with Gasteiger partial charge < -0.3 is 14.8 Å². The second kappa shape index (κ2) is 9.07. The lowest BCUT2D eigenvalue weighted by atomic mass is 9.92. The molecule has 1 N–H and O–H groups in total. The van der Waals surface area contributed by atoms with E-state index in [-0.39, 0.29) is 11.8 Å². The maximum atomic E-state index is 12.8. The Balaban J connectivity index is 1.83. The van der Waals surface area contributed by atoms with Gasteiger partial charge in [0.15, 0.2) is 17.3 Å². The van der Waals surface area contributed by atoms with E-state index in [4.69, 9.17) is 14.5 Å². The van der Waals surface area contributed by atoms with Crippen LogP contribution in [-0.4, -0.2) is 28.5 Å². The second-order valence-electron chi connectivity index (χ2n) is 8.59. The standard InChI is InChI=1S/C26H31N3O3/c1-6-31-23-15-19(11-12-22(23)32-14-13-16(2)3)25-24(18(5)30)17(4)27-26-28-20-9-7-8-10-21(20)29(25)26/h7-12,15-16,25H,6,13-14H2,1-5H3,(H,27,28). The summed E-state index contributed by atoms with van der Waals surface area (Å²) < 4.78 is 14.1. The van der Waals surface area contributed by atoms with Crippen molar-refractivity contribution in [3.63, 3.8) is 0 Å². The molecule has 6 nitrogen and oxygen atoms in total. The van der Waals surface area contributed by atoms with Crippen LogP contribution in [0.25, 0.3) is 11.0 Å². The molecule has 0 aliphatic carbocycles. The van der Waals surface area contributed by atoms with Gasteiger partial charge in [-0.25, -0.2) is 4.98 Å². The Morgan fingerprint density at radius 2 is 1.94 bits per heavy atom. The molecule has 0 saturated carbocycles. The number of aromatic nitrogens is 2. The molecule has 2 aromatic carbocycles. The van der Waals surface area contributed by atoms with Gasteiger partial charge in [0.25, 0.3) is 0 Å². The van der Waals surface area contributed by atoms with E-state index < -0.39 is 0 Å². The van der Waals surface area contributed by atoms with E-state index in [0.717, 1.165) is 46.0 Å². The van der Waals surface area contributed by atoms with E-state index in [1.54, 1.807) is 6.92 Å². The van der Waals surface area contributed by atoms with Crippen LogP contribution >= 0.6 is 0 Å². The number of rotatable bonds is 8. The molecule has 4 rings (SSSR count). The van der Waals surface area contributed by atoms with E-state index in [1.165, 1.54) is 0 Å². The number of hydrogen-bond donors (Lipinski definition) is 1. The van der Waals surface area contributed by atoms with Crippen LogP contribution in [0.15, 0.2) is 53.7 Å². The Morgan fingerprint density at radius 3 is 2.66 bits per heavy atom. The van der Waals surface area contributed by atoms with E-state index in [9.17, 15) is 4.79 Å². The third kappa shape index (κ3) is 4.09. The van der Waals surface area contributed by atoms with Gasteiger partial charge in [-0.2, -0.15) is 0 Å². The molecule has 6 heteroatoms. The number of nitrogens with zero attached hydrogens (tertiary/aromatic N) is 2. The minimum absolute atomic E-state index is 0.0265. The molecular weight excluding hydrogens is 402 g/mol. The van der Waals surface area contributed by atoms with Crippen LogP contribution in [0, 0.1) is 5.92 Å². The minimum atomic E-state index is -0.305. The average Bonchev–Trinajstić information content (AvgIpc) is 3.11. The summed E-state index contributed by atoms with van der Waals surface area (Å²) in [6.07, 6.45) is 0.975. The molecule has 0 radical (unpaired) electrons. The average molecular weight is 434 g/mol. The van der Waals surface area contributed by atoms with Gasteiger partial charge in [-0.15, -0.1) is 0 Å². The minimum Gasteiger partial charge on any atom is -0.490 e. The number of ether oxygens (including phenoxy) is 2. The van der Waals surface area contributed by atoms with Crippen molar-refractivity contribution in [1.29, 1.82) is 0 Å². The van der Waals surface area contributed by atoms with E-state index >= 15 is 0 Å². The third-order valence-corrected chi connectivity index (χ3v) is 5.75. The summed E-state index contributed by atoms with van der Waals surface area (Å²) >= 11 is 0. The largest absolute Gasteiger partial charge is 0.490 e. The number of imidazole rings is 1. The first-order valence-corrected chi connectivity index (χ1v) is 11.3. The summed E-state index contributed by atoms with van der Waals surface area (Å²) in [5.74, 6) is 2.75. The zero-order valence-electron chi connectivity index (χ0n) is 19.4. The highest BCUT2D eigenvalue weighted by Crippen LogP contribution is 2.41. The van der Waals surface area contributed by atoms with Crippen LogP contribution in [0.5, 0.6) is 11.5 Å². The highest BCUT2D eigenvalue weighted by atomic mass is 16.5. The molecule has 3 aromatic rings. The first-order chi connectivity index (χ1) is 15.4. The summed E-state index contributed by atoms with van der Waals surface area (Å²) in [4.78, 5) is 17.5. The Hall–Kier alpha value is -3.28. The number of ketones is 1. The molecule has 0 saturated heterocycles. The lowest BCUT2D eigenvalue weighted by molar-refractivity contribution is -0.114. The lowest BCUT2D eigenvalue weighted by Gasteiger charge is -2.30. The number of fused-ring (bicyclic) bond motifs is 3. The smallest absolute Gasteiger partial charge is 0.209 e. The number of carbonyl (C=O) groups is 1. The van der Waals surface area contributed by atoms with Gasteiger partial charge in [0.1, 0.15) is 0 Å². The lowest BCUT2D eigenvalue weighted by Crippen LogP contribution is -2.27. The predicted molar refractivity (Wildman–Crippen MR) is 127 cm³/mol. The van der Waals surface area contributed by atoms with Crippen LogP contribution in [-0.2, 0) is 4.79 Å². The number of nitrogens with one attached hydrogen (secondary N) is 1. The Labute approximate surface area is 189 Å². The SMILES string of the molecule is CCOc1cc(C2C(C(C)=O)=C(C)Nc3nc4ccccc4n32)ccc1OCCC(C)C. The highest BCUT2D eigenvalue weighted by molar-refractivity contribution is 5.97.